The lowest BCUT2D eigenvalue weighted by molar-refractivity contribution is 0.183. The number of nitrogens with two attached hydrogens (primary N) is 1. The molecule has 1 aromatic carbocycles. The number of hydrogen-bond donors (Lipinski definition) is 2. The predicted octanol–water partition coefficient (Wildman–Crippen LogP) is 0.391. The largest absolute Gasteiger partial charge is 0.387 e. The van der Waals surface area contributed by atoms with Crippen molar-refractivity contribution in [2.24, 2.45) is 5.73 Å². The second-order valence-corrected chi connectivity index (χ2v) is 5.55. The highest BCUT2D eigenvalue weighted by Gasteiger charge is 2.17. The monoisotopic (exact) mass is 229 g/mol. The maximum atomic E-state index is 11.5. The van der Waals surface area contributed by atoms with Crippen molar-refractivity contribution in [1.82, 2.24) is 0 Å². The highest BCUT2D eigenvalue weighted by Crippen LogP contribution is 2.23. The van der Waals surface area contributed by atoms with Crippen LogP contribution >= 0.6 is 0 Å². The molecule has 5 heteroatoms. The molecule has 0 aliphatic carbocycles. The molecule has 0 aliphatic heterocycles. The average molecular weight is 229 g/mol. The zero-order valence-electron chi connectivity index (χ0n) is 8.77. The topological polar surface area (TPSA) is 80.4 Å². The summed E-state index contributed by atoms with van der Waals surface area (Å²) in [7, 11) is -3.33. The SMILES string of the molecule is Cc1ccc(C(O)CN)c(S(C)(=O)=O)c1. The molecule has 84 valence electrons. The number of aryl methyl sites for hydroxylation is 1. The Bertz CT molecular complexity index is 454. The van der Waals surface area contributed by atoms with Gasteiger partial charge >= 0.3 is 0 Å². The van der Waals surface area contributed by atoms with E-state index in [1.807, 2.05) is 0 Å². The van der Waals surface area contributed by atoms with Crippen LogP contribution in [0.4, 0.5) is 0 Å². The first-order valence-corrected chi connectivity index (χ1v) is 6.44. The molecule has 15 heavy (non-hydrogen) atoms. The summed E-state index contributed by atoms with van der Waals surface area (Å²) in [6.45, 7) is 1.80. The van der Waals surface area contributed by atoms with E-state index in [1.165, 1.54) is 0 Å². The van der Waals surface area contributed by atoms with Crippen LogP contribution in [0.5, 0.6) is 0 Å². The van der Waals surface area contributed by atoms with Crippen LogP contribution in [0, 0.1) is 6.92 Å². The molecule has 0 heterocycles. The van der Waals surface area contributed by atoms with Gasteiger partial charge in [0.15, 0.2) is 9.84 Å². The summed E-state index contributed by atoms with van der Waals surface area (Å²) in [6, 6.07) is 4.90. The molecular formula is C10H15NO3S. The van der Waals surface area contributed by atoms with E-state index in [1.54, 1.807) is 25.1 Å². The lowest BCUT2D eigenvalue weighted by Gasteiger charge is -2.13. The van der Waals surface area contributed by atoms with Crippen LogP contribution in [0.3, 0.4) is 0 Å². The van der Waals surface area contributed by atoms with Crippen LogP contribution in [0.15, 0.2) is 23.1 Å². The van der Waals surface area contributed by atoms with Crippen molar-refractivity contribution in [2.75, 3.05) is 12.8 Å². The molecule has 0 aliphatic rings. The molecule has 0 fully saturated rings. The normalized spacial score (nSPS) is 13.9. The van der Waals surface area contributed by atoms with E-state index in [0.29, 0.717) is 5.56 Å². The number of benzene rings is 1. The Morgan fingerprint density at radius 3 is 2.53 bits per heavy atom. The molecule has 0 spiro atoms. The smallest absolute Gasteiger partial charge is 0.175 e. The fourth-order valence-electron chi connectivity index (χ4n) is 1.36. The van der Waals surface area contributed by atoms with Crippen LogP contribution in [-0.4, -0.2) is 26.3 Å². The lowest BCUT2D eigenvalue weighted by atomic mass is 10.1. The zero-order valence-corrected chi connectivity index (χ0v) is 9.58. The number of aliphatic hydroxyl groups is 1. The first-order chi connectivity index (χ1) is 6.86. The highest BCUT2D eigenvalue weighted by molar-refractivity contribution is 7.90. The third-order valence-electron chi connectivity index (χ3n) is 2.15. The number of aliphatic hydroxyl groups excluding tert-OH is 1. The minimum atomic E-state index is -3.33. The molecule has 1 atom stereocenters. The maximum Gasteiger partial charge on any atom is 0.175 e. The third-order valence-corrected chi connectivity index (χ3v) is 3.30. The summed E-state index contributed by atoms with van der Waals surface area (Å²) in [6.07, 6.45) is 0.185. The lowest BCUT2D eigenvalue weighted by Crippen LogP contribution is -2.15. The van der Waals surface area contributed by atoms with Crippen molar-refractivity contribution >= 4 is 9.84 Å². The molecule has 3 N–H and O–H groups in total. The van der Waals surface area contributed by atoms with Gasteiger partial charge in [0.05, 0.1) is 11.0 Å². The van der Waals surface area contributed by atoms with Crippen LogP contribution in [-0.2, 0) is 9.84 Å². The number of rotatable bonds is 3. The summed E-state index contributed by atoms with van der Waals surface area (Å²) in [5.41, 5.74) is 6.51. The first kappa shape index (κ1) is 12.2. The first-order valence-electron chi connectivity index (χ1n) is 4.55. The molecule has 0 saturated carbocycles. The highest BCUT2D eigenvalue weighted by atomic mass is 32.2. The second kappa shape index (κ2) is 4.30. The van der Waals surface area contributed by atoms with Gasteiger partial charge in [-0.1, -0.05) is 12.1 Å². The molecule has 1 unspecified atom stereocenters. The number of hydrogen-bond acceptors (Lipinski definition) is 4. The Balaban J connectivity index is 3.40. The van der Waals surface area contributed by atoms with Crippen molar-refractivity contribution in [3.8, 4) is 0 Å². The summed E-state index contributed by atoms with van der Waals surface area (Å²) >= 11 is 0. The van der Waals surface area contributed by atoms with E-state index in [0.717, 1.165) is 11.8 Å². The standard InChI is InChI=1S/C10H15NO3S/c1-7-3-4-8(9(12)6-11)10(5-7)15(2,13)14/h3-5,9,12H,6,11H2,1-2H3. The Morgan fingerprint density at radius 1 is 1.47 bits per heavy atom. The molecule has 0 saturated heterocycles. The van der Waals surface area contributed by atoms with Gasteiger partial charge in [-0.05, 0) is 18.6 Å². The minimum absolute atomic E-state index is 0.00554. The van der Waals surface area contributed by atoms with Crippen LogP contribution in [0.2, 0.25) is 0 Å². The summed E-state index contributed by atoms with van der Waals surface area (Å²) in [5, 5.41) is 9.57. The van der Waals surface area contributed by atoms with Crippen LogP contribution in [0.25, 0.3) is 0 Å². The van der Waals surface area contributed by atoms with Crippen molar-refractivity contribution in [3.05, 3.63) is 29.3 Å². The van der Waals surface area contributed by atoms with Crippen molar-refractivity contribution < 1.29 is 13.5 Å². The van der Waals surface area contributed by atoms with Gasteiger partial charge in [0, 0.05) is 18.4 Å². The molecule has 1 rings (SSSR count). The Labute approximate surface area is 89.7 Å². The minimum Gasteiger partial charge on any atom is -0.387 e. The maximum absolute atomic E-state index is 11.5. The molecule has 0 amide bonds. The second-order valence-electron chi connectivity index (χ2n) is 3.56. The van der Waals surface area contributed by atoms with Gasteiger partial charge in [-0.2, -0.15) is 0 Å². The summed E-state index contributed by atoms with van der Waals surface area (Å²) in [4.78, 5) is 0.153. The van der Waals surface area contributed by atoms with E-state index in [4.69, 9.17) is 5.73 Å². The fraction of sp³-hybridized carbons (Fsp3) is 0.400. The molecule has 0 radical (unpaired) electrons. The molecule has 1 aromatic rings. The van der Waals surface area contributed by atoms with E-state index in [2.05, 4.69) is 0 Å². The molecule has 0 bridgehead atoms. The van der Waals surface area contributed by atoms with Crippen LogP contribution in [0.1, 0.15) is 17.2 Å². The van der Waals surface area contributed by atoms with Gasteiger partial charge in [-0.25, -0.2) is 8.42 Å². The average Bonchev–Trinajstić information content (AvgIpc) is 2.15. The van der Waals surface area contributed by atoms with E-state index in [-0.39, 0.29) is 11.4 Å². The van der Waals surface area contributed by atoms with Crippen molar-refractivity contribution in [2.45, 2.75) is 17.9 Å². The van der Waals surface area contributed by atoms with Crippen molar-refractivity contribution in [3.63, 3.8) is 0 Å². The van der Waals surface area contributed by atoms with Gasteiger partial charge in [0.1, 0.15) is 0 Å². The van der Waals surface area contributed by atoms with Gasteiger partial charge in [-0.15, -0.1) is 0 Å². The Morgan fingerprint density at radius 2 is 2.07 bits per heavy atom. The van der Waals surface area contributed by atoms with Gasteiger partial charge in [-0.3, -0.25) is 0 Å². The molecule has 0 aromatic heterocycles. The molecular weight excluding hydrogens is 214 g/mol. The fourth-order valence-corrected chi connectivity index (χ4v) is 2.40. The zero-order chi connectivity index (χ0) is 11.6. The Kier molecular flexibility index (Phi) is 3.49. The summed E-state index contributed by atoms with van der Waals surface area (Å²) < 4.78 is 22.9. The quantitative estimate of drug-likeness (QED) is 0.785. The van der Waals surface area contributed by atoms with E-state index in [9.17, 15) is 13.5 Å². The molecule has 4 nitrogen and oxygen atoms in total. The van der Waals surface area contributed by atoms with E-state index < -0.39 is 15.9 Å². The number of sulfone groups is 1. The summed E-state index contributed by atoms with van der Waals surface area (Å²) in [5.74, 6) is 0. The van der Waals surface area contributed by atoms with Gasteiger partial charge < -0.3 is 10.8 Å². The van der Waals surface area contributed by atoms with Gasteiger partial charge in [0.25, 0.3) is 0 Å². The van der Waals surface area contributed by atoms with Crippen molar-refractivity contribution in [1.29, 1.82) is 0 Å². The van der Waals surface area contributed by atoms with Gasteiger partial charge in [0.2, 0.25) is 0 Å². The van der Waals surface area contributed by atoms with E-state index >= 15 is 0 Å². The third kappa shape index (κ3) is 2.77. The van der Waals surface area contributed by atoms with Crippen LogP contribution < -0.4 is 5.73 Å². The predicted molar refractivity (Wildman–Crippen MR) is 58.3 cm³/mol. The Hall–Kier alpha value is -0.910.